The van der Waals surface area contributed by atoms with Crippen molar-refractivity contribution < 1.29 is 27.0 Å². The van der Waals surface area contributed by atoms with Crippen molar-refractivity contribution >= 4 is 10.8 Å². The molecule has 4 rings (SSSR count). The third kappa shape index (κ3) is 8.40. The van der Waals surface area contributed by atoms with Gasteiger partial charge < -0.3 is 9.47 Å². The number of nitrogens with zero attached hydrogens (tertiary/aromatic N) is 2. The van der Waals surface area contributed by atoms with Crippen LogP contribution in [-0.2, 0) is 12.8 Å². The smallest absolute Gasteiger partial charge is 0.422 e. The van der Waals surface area contributed by atoms with E-state index in [4.69, 9.17) is 9.47 Å². The molecular formula is C31H32F4N2O2. The van der Waals surface area contributed by atoms with Gasteiger partial charge in [-0.1, -0.05) is 69.0 Å². The van der Waals surface area contributed by atoms with E-state index in [1.54, 1.807) is 42.7 Å². The van der Waals surface area contributed by atoms with Gasteiger partial charge in [0.25, 0.3) is 0 Å². The molecule has 0 unspecified atom stereocenters. The SMILES string of the molecule is CCCCCCCOc1cnc(-c2ccc3c(F)c(CCc4ccc(OCC(F)(F)F)cc4)ccc3c2)nc1. The van der Waals surface area contributed by atoms with Crippen molar-refractivity contribution in [3.05, 3.63) is 83.9 Å². The van der Waals surface area contributed by atoms with Crippen molar-refractivity contribution in [1.29, 1.82) is 0 Å². The van der Waals surface area contributed by atoms with E-state index in [1.807, 2.05) is 12.1 Å². The number of benzene rings is 3. The van der Waals surface area contributed by atoms with Crippen LogP contribution in [0.25, 0.3) is 22.2 Å². The summed E-state index contributed by atoms with van der Waals surface area (Å²) in [6.45, 7) is 1.50. The second-order valence-electron chi connectivity index (χ2n) is 9.53. The van der Waals surface area contributed by atoms with Crippen LogP contribution < -0.4 is 9.47 Å². The van der Waals surface area contributed by atoms with Crippen molar-refractivity contribution in [2.45, 2.75) is 58.0 Å². The Morgan fingerprint density at radius 2 is 1.51 bits per heavy atom. The van der Waals surface area contributed by atoms with E-state index in [9.17, 15) is 13.2 Å². The van der Waals surface area contributed by atoms with Gasteiger partial charge in [0.05, 0.1) is 19.0 Å². The first-order valence-corrected chi connectivity index (χ1v) is 13.3. The van der Waals surface area contributed by atoms with Gasteiger partial charge in [-0.2, -0.15) is 13.2 Å². The predicted octanol–water partition coefficient (Wildman–Crippen LogP) is 8.51. The van der Waals surface area contributed by atoms with Crippen LogP contribution in [0.3, 0.4) is 0 Å². The van der Waals surface area contributed by atoms with E-state index in [2.05, 4.69) is 16.9 Å². The average molecular weight is 541 g/mol. The first-order valence-electron chi connectivity index (χ1n) is 13.3. The van der Waals surface area contributed by atoms with Crippen molar-refractivity contribution in [3.63, 3.8) is 0 Å². The number of halogens is 4. The summed E-state index contributed by atoms with van der Waals surface area (Å²) in [6.07, 6.45) is 5.79. The molecule has 0 radical (unpaired) electrons. The molecule has 0 spiro atoms. The van der Waals surface area contributed by atoms with Gasteiger partial charge in [-0.25, -0.2) is 14.4 Å². The molecule has 0 N–H and O–H groups in total. The van der Waals surface area contributed by atoms with Gasteiger partial charge in [0.2, 0.25) is 0 Å². The van der Waals surface area contributed by atoms with Crippen LogP contribution in [0.2, 0.25) is 0 Å². The molecule has 0 fully saturated rings. The lowest BCUT2D eigenvalue weighted by atomic mass is 9.99. The number of aryl methyl sites for hydroxylation is 2. The van der Waals surface area contributed by atoms with Crippen LogP contribution >= 0.6 is 0 Å². The molecule has 4 nitrogen and oxygen atoms in total. The van der Waals surface area contributed by atoms with Crippen LogP contribution in [0.5, 0.6) is 11.5 Å². The van der Waals surface area contributed by atoms with E-state index in [0.29, 0.717) is 42.0 Å². The third-order valence-corrected chi connectivity index (χ3v) is 6.45. The van der Waals surface area contributed by atoms with Crippen LogP contribution in [0, 0.1) is 5.82 Å². The highest BCUT2D eigenvalue weighted by molar-refractivity contribution is 5.87. The summed E-state index contributed by atoms with van der Waals surface area (Å²) in [5.41, 5.74) is 2.24. The van der Waals surface area contributed by atoms with E-state index in [1.165, 1.54) is 31.4 Å². The maximum atomic E-state index is 15.3. The number of alkyl halides is 3. The summed E-state index contributed by atoms with van der Waals surface area (Å²) in [7, 11) is 0. The second kappa shape index (κ2) is 13.4. The fourth-order valence-electron chi connectivity index (χ4n) is 4.30. The van der Waals surface area contributed by atoms with Crippen LogP contribution in [0.15, 0.2) is 67.0 Å². The largest absolute Gasteiger partial charge is 0.490 e. The van der Waals surface area contributed by atoms with Crippen molar-refractivity contribution in [2.75, 3.05) is 13.2 Å². The van der Waals surface area contributed by atoms with Gasteiger partial charge in [-0.05, 0) is 54.0 Å². The first kappa shape index (κ1) is 28.3. The van der Waals surface area contributed by atoms with Gasteiger partial charge in [0, 0.05) is 10.9 Å². The molecule has 1 heterocycles. The Morgan fingerprint density at radius 1 is 0.769 bits per heavy atom. The molecule has 0 saturated heterocycles. The molecule has 1 aromatic heterocycles. The average Bonchev–Trinajstić information content (AvgIpc) is 2.94. The molecule has 0 aliphatic rings. The standard InChI is InChI=1S/C31H32F4N2O2/c1-2-3-4-5-6-17-38-27-19-36-30(37-20-27)25-13-16-28-24(18-25)12-11-23(29(28)32)10-7-22-8-14-26(15-9-22)39-21-31(33,34)35/h8-9,11-16,18-20H,2-7,10,17,21H2,1H3. The Bertz CT molecular complexity index is 1340. The molecule has 206 valence electrons. The molecule has 8 heteroatoms. The zero-order chi connectivity index (χ0) is 27.7. The van der Waals surface area contributed by atoms with Crippen molar-refractivity contribution in [3.8, 4) is 22.9 Å². The fourth-order valence-corrected chi connectivity index (χ4v) is 4.30. The Morgan fingerprint density at radius 3 is 2.23 bits per heavy atom. The lowest BCUT2D eigenvalue weighted by Gasteiger charge is -2.10. The normalized spacial score (nSPS) is 11.6. The monoisotopic (exact) mass is 540 g/mol. The molecule has 4 aromatic rings. The molecule has 3 aromatic carbocycles. The minimum Gasteiger partial charge on any atom is -0.490 e. The number of hydrogen-bond donors (Lipinski definition) is 0. The minimum atomic E-state index is -4.38. The fraction of sp³-hybridized carbons (Fsp3) is 0.355. The summed E-state index contributed by atoms with van der Waals surface area (Å²) >= 11 is 0. The van der Waals surface area contributed by atoms with Gasteiger partial charge in [-0.3, -0.25) is 0 Å². The topological polar surface area (TPSA) is 44.2 Å². The maximum absolute atomic E-state index is 15.3. The molecule has 0 atom stereocenters. The Labute approximate surface area is 226 Å². The quantitative estimate of drug-likeness (QED) is 0.126. The number of unbranched alkanes of at least 4 members (excludes halogenated alkanes) is 4. The van der Waals surface area contributed by atoms with Crippen molar-refractivity contribution in [2.24, 2.45) is 0 Å². The van der Waals surface area contributed by atoms with Crippen LogP contribution in [-0.4, -0.2) is 29.4 Å². The van der Waals surface area contributed by atoms with Gasteiger partial charge >= 0.3 is 6.18 Å². The zero-order valence-corrected chi connectivity index (χ0v) is 21.9. The predicted molar refractivity (Wildman–Crippen MR) is 145 cm³/mol. The second-order valence-corrected chi connectivity index (χ2v) is 9.53. The van der Waals surface area contributed by atoms with Crippen LogP contribution in [0.4, 0.5) is 17.6 Å². The molecule has 0 bridgehead atoms. The molecule has 0 aliphatic heterocycles. The van der Waals surface area contributed by atoms with Gasteiger partial charge in [0.15, 0.2) is 18.2 Å². The molecule has 0 amide bonds. The Hall–Kier alpha value is -3.68. The highest BCUT2D eigenvalue weighted by atomic mass is 19.4. The maximum Gasteiger partial charge on any atom is 0.422 e. The van der Waals surface area contributed by atoms with E-state index in [-0.39, 0.29) is 11.6 Å². The number of hydrogen-bond acceptors (Lipinski definition) is 4. The van der Waals surface area contributed by atoms with Crippen molar-refractivity contribution in [1.82, 2.24) is 9.97 Å². The zero-order valence-electron chi connectivity index (χ0n) is 21.9. The summed E-state index contributed by atoms with van der Waals surface area (Å²) in [5, 5.41) is 1.26. The molecule has 39 heavy (non-hydrogen) atoms. The summed E-state index contributed by atoms with van der Waals surface area (Å²) in [5.74, 6) is 1.04. The first-order chi connectivity index (χ1) is 18.8. The molecule has 0 saturated carbocycles. The number of aromatic nitrogens is 2. The van der Waals surface area contributed by atoms with Crippen LogP contribution in [0.1, 0.15) is 50.2 Å². The molecular weight excluding hydrogens is 508 g/mol. The number of rotatable bonds is 13. The van der Waals surface area contributed by atoms with E-state index in [0.717, 1.165) is 29.4 Å². The summed E-state index contributed by atoms with van der Waals surface area (Å²) in [4.78, 5) is 8.84. The minimum absolute atomic E-state index is 0.146. The summed E-state index contributed by atoms with van der Waals surface area (Å²) in [6, 6.07) is 15.4. The third-order valence-electron chi connectivity index (χ3n) is 6.45. The number of fused-ring (bicyclic) bond motifs is 1. The Balaban J connectivity index is 1.35. The molecule has 0 aliphatic carbocycles. The van der Waals surface area contributed by atoms with Gasteiger partial charge in [0.1, 0.15) is 11.6 Å². The van der Waals surface area contributed by atoms with E-state index >= 15 is 4.39 Å². The Kier molecular flexibility index (Phi) is 9.74. The van der Waals surface area contributed by atoms with E-state index < -0.39 is 12.8 Å². The highest BCUT2D eigenvalue weighted by Gasteiger charge is 2.28. The summed E-state index contributed by atoms with van der Waals surface area (Å²) < 4.78 is 62.7. The number of ether oxygens (including phenoxy) is 2. The lowest BCUT2D eigenvalue weighted by molar-refractivity contribution is -0.153. The highest BCUT2D eigenvalue weighted by Crippen LogP contribution is 2.27. The lowest BCUT2D eigenvalue weighted by Crippen LogP contribution is -2.19. The van der Waals surface area contributed by atoms with Gasteiger partial charge in [-0.15, -0.1) is 0 Å².